The van der Waals surface area contributed by atoms with Gasteiger partial charge in [0.2, 0.25) is 11.8 Å². The molecule has 0 aliphatic heterocycles. The fraction of sp³-hybridized carbons (Fsp3) is 0.118. The number of rotatable bonds is 3. The lowest BCUT2D eigenvalue weighted by Crippen LogP contribution is -2.33. The van der Waals surface area contributed by atoms with Gasteiger partial charge in [-0.3, -0.25) is 4.79 Å². The van der Waals surface area contributed by atoms with Crippen LogP contribution >= 0.6 is 23.8 Å². The average Bonchev–Trinajstić information content (AvgIpc) is 2.98. The van der Waals surface area contributed by atoms with Gasteiger partial charge in [0.15, 0.2) is 10.7 Å². The van der Waals surface area contributed by atoms with Gasteiger partial charge in [-0.2, -0.15) is 0 Å². The quantitative estimate of drug-likeness (QED) is 0.679. The third-order valence-electron chi connectivity index (χ3n) is 3.32. The lowest BCUT2D eigenvalue weighted by Gasteiger charge is -2.08. The number of nitrogens with zero attached hydrogens (tertiary/aromatic N) is 1. The molecule has 1 amide bonds. The molecule has 0 fully saturated rings. The molecule has 5 nitrogen and oxygen atoms in total. The Kier molecular flexibility index (Phi) is 4.78. The molecular formula is C17H14ClN3O2S. The van der Waals surface area contributed by atoms with E-state index in [0.717, 1.165) is 5.56 Å². The summed E-state index contributed by atoms with van der Waals surface area (Å²) in [5.41, 5.74) is 2.75. The number of benzene rings is 2. The molecule has 7 heteroatoms. The number of carbonyl (C=O) groups is 1. The number of fused-ring (bicyclic) bond motifs is 1. The zero-order valence-corrected chi connectivity index (χ0v) is 14.4. The summed E-state index contributed by atoms with van der Waals surface area (Å²) >= 11 is 11.3. The number of nitrogens with one attached hydrogen (secondary N) is 2. The molecule has 0 radical (unpaired) electrons. The number of hydrogen-bond acceptors (Lipinski definition) is 4. The second kappa shape index (κ2) is 6.98. The largest absolute Gasteiger partial charge is 0.436 e. The van der Waals surface area contributed by atoms with Crippen molar-refractivity contribution in [3.05, 3.63) is 47.5 Å². The predicted molar refractivity (Wildman–Crippen MR) is 99.1 cm³/mol. The Morgan fingerprint density at radius 2 is 2.08 bits per heavy atom. The maximum atomic E-state index is 11.3. The van der Waals surface area contributed by atoms with Gasteiger partial charge in [-0.15, -0.1) is 0 Å². The van der Waals surface area contributed by atoms with Gasteiger partial charge in [0, 0.05) is 12.1 Å². The normalized spacial score (nSPS) is 10.6. The first-order chi connectivity index (χ1) is 11.6. The Bertz CT molecular complexity index is 923. The third kappa shape index (κ3) is 3.55. The fourth-order valence-electron chi connectivity index (χ4n) is 2.13. The molecule has 2 N–H and O–H groups in total. The van der Waals surface area contributed by atoms with Gasteiger partial charge in [-0.1, -0.05) is 30.7 Å². The van der Waals surface area contributed by atoms with Crippen LogP contribution in [0.4, 0.5) is 5.69 Å². The second-order valence-electron chi connectivity index (χ2n) is 5.04. The highest BCUT2D eigenvalue weighted by atomic mass is 35.5. The molecule has 122 valence electrons. The number of anilines is 1. The smallest absolute Gasteiger partial charge is 0.228 e. The fourth-order valence-corrected chi connectivity index (χ4v) is 2.58. The van der Waals surface area contributed by atoms with Gasteiger partial charge in [0.25, 0.3) is 0 Å². The maximum absolute atomic E-state index is 11.3. The summed E-state index contributed by atoms with van der Waals surface area (Å²) in [4.78, 5) is 15.8. The van der Waals surface area contributed by atoms with E-state index >= 15 is 0 Å². The van der Waals surface area contributed by atoms with E-state index in [1.165, 1.54) is 0 Å². The van der Waals surface area contributed by atoms with Crippen molar-refractivity contribution in [2.24, 2.45) is 0 Å². The molecule has 24 heavy (non-hydrogen) atoms. The van der Waals surface area contributed by atoms with Gasteiger partial charge < -0.3 is 15.1 Å². The Morgan fingerprint density at radius 3 is 2.83 bits per heavy atom. The number of halogens is 1. The maximum Gasteiger partial charge on any atom is 0.228 e. The SMILES string of the molecule is CCC(=O)NC(=S)Nc1ccc2oc(-c3ccccc3Cl)nc2c1. The third-order valence-corrected chi connectivity index (χ3v) is 3.86. The van der Waals surface area contributed by atoms with Crippen molar-refractivity contribution in [1.29, 1.82) is 0 Å². The Balaban J connectivity index is 1.85. The lowest BCUT2D eigenvalue weighted by atomic mass is 10.2. The molecule has 0 aliphatic carbocycles. The van der Waals surface area contributed by atoms with Gasteiger partial charge in [-0.05, 0) is 42.5 Å². The van der Waals surface area contributed by atoms with Crippen LogP contribution in [0.2, 0.25) is 5.02 Å². The zero-order valence-electron chi connectivity index (χ0n) is 12.8. The summed E-state index contributed by atoms with van der Waals surface area (Å²) in [7, 11) is 0. The van der Waals surface area contributed by atoms with Crippen LogP contribution in [-0.2, 0) is 4.79 Å². The van der Waals surface area contributed by atoms with Gasteiger partial charge in [-0.25, -0.2) is 4.98 Å². The summed E-state index contributed by atoms with van der Waals surface area (Å²) < 4.78 is 5.75. The summed E-state index contributed by atoms with van der Waals surface area (Å²) in [6, 6.07) is 12.7. The predicted octanol–water partition coefficient (Wildman–Crippen LogP) is 4.37. The summed E-state index contributed by atoms with van der Waals surface area (Å²) in [6.45, 7) is 1.76. The van der Waals surface area contributed by atoms with E-state index < -0.39 is 0 Å². The Hall–Kier alpha value is -2.44. The molecule has 3 rings (SSSR count). The van der Waals surface area contributed by atoms with Gasteiger partial charge in [0.1, 0.15) is 5.52 Å². The molecule has 0 spiro atoms. The number of aromatic nitrogens is 1. The first-order valence-electron chi connectivity index (χ1n) is 7.33. The van der Waals surface area contributed by atoms with Crippen molar-refractivity contribution >= 4 is 51.6 Å². The summed E-state index contributed by atoms with van der Waals surface area (Å²) in [5, 5.41) is 6.36. The van der Waals surface area contributed by atoms with Gasteiger partial charge in [0.05, 0.1) is 10.6 Å². The van der Waals surface area contributed by atoms with Crippen LogP contribution in [0.25, 0.3) is 22.6 Å². The van der Waals surface area contributed by atoms with E-state index in [0.29, 0.717) is 34.1 Å². The highest BCUT2D eigenvalue weighted by Crippen LogP contribution is 2.30. The highest BCUT2D eigenvalue weighted by molar-refractivity contribution is 7.80. The molecule has 1 aromatic heterocycles. The van der Waals surface area contributed by atoms with Crippen molar-refractivity contribution < 1.29 is 9.21 Å². The van der Waals surface area contributed by atoms with Crippen molar-refractivity contribution in [2.75, 3.05) is 5.32 Å². The van der Waals surface area contributed by atoms with Crippen LogP contribution in [0.3, 0.4) is 0 Å². The molecule has 2 aromatic carbocycles. The number of carbonyl (C=O) groups excluding carboxylic acids is 1. The first kappa shape index (κ1) is 16.4. The molecule has 0 unspecified atom stereocenters. The van der Waals surface area contributed by atoms with Crippen LogP contribution in [0.1, 0.15) is 13.3 Å². The van der Waals surface area contributed by atoms with E-state index in [2.05, 4.69) is 15.6 Å². The van der Waals surface area contributed by atoms with Crippen molar-refractivity contribution in [2.45, 2.75) is 13.3 Å². The number of thiocarbonyl (C=S) groups is 1. The molecule has 3 aromatic rings. The number of hydrogen-bond donors (Lipinski definition) is 2. The number of amides is 1. The van der Waals surface area contributed by atoms with E-state index in [-0.39, 0.29) is 11.0 Å². The molecule has 1 heterocycles. The minimum absolute atomic E-state index is 0.143. The monoisotopic (exact) mass is 359 g/mol. The van der Waals surface area contributed by atoms with Crippen molar-refractivity contribution in [3.63, 3.8) is 0 Å². The highest BCUT2D eigenvalue weighted by Gasteiger charge is 2.12. The van der Waals surface area contributed by atoms with E-state index in [9.17, 15) is 4.79 Å². The Labute approximate surface area is 149 Å². The average molecular weight is 360 g/mol. The molecule has 0 bridgehead atoms. The first-order valence-corrected chi connectivity index (χ1v) is 8.11. The van der Waals surface area contributed by atoms with Crippen LogP contribution in [0.15, 0.2) is 46.9 Å². The topological polar surface area (TPSA) is 67.2 Å². The van der Waals surface area contributed by atoms with Crippen molar-refractivity contribution in [1.82, 2.24) is 10.3 Å². The van der Waals surface area contributed by atoms with Gasteiger partial charge >= 0.3 is 0 Å². The second-order valence-corrected chi connectivity index (χ2v) is 5.85. The van der Waals surface area contributed by atoms with Crippen LogP contribution in [-0.4, -0.2) is 16.0 Å². The standard InChI is InChI=1S/C17H14ClN3O2S/c1-2-15(22)21-17(24)19-10-7-8-14-13(9-10)20-16(23-14)11-5-3-4-6-12(11)18/h3-9H,2H2,1H3,(H2,19,21,22,24). The minimum atomic E-state index is -0.143. The number of oxazole rings is 1. The molecule has 0 atom stereocenters. The molecule has 0 aliphatic rings. The van der Waals surface area contributed by atoms with E-state index in [1.54, 1.807) is 31.2 Å². The molecule has 0 saturated carbocycles. The van der Waals surface area contributed by atoms with Crippen LogP contribution in [0, 0.1) is 0 Å². The Morgan fingerprint density at radius 1 is 1.29 bits per heavy atom. The zero-order chi connectivity index (χ0) is 17.1. The van der Waals surface area contributed by atoms with Crippen LogP contribution < -0.4 is 10.6 Å². The molecular weight excluding hydrogens is 346 g/mol. The van der Waals surface area contributed by atoms with Crippen LogP contribution in [0.5, 0.6) is 0 Å². The van der Waals surface area contributed by atoms with E-state index in [4.69, 9.17) is 28.2 Å². The lowest BCUT2D eigenvalue weighted by molar-refractivity contribution is -0.119. The molecule has 0 saturated heterocycles. The van der Waals surface area contributed by atoms with E-state index in [1.807, 2.05) is 18.2 Å². The summed E-state index contributed by atoms with van der Waals surface area (Å²) in [6.07, 6.45) is 0.366. The minimum Gasteiger partial charge on any atom is -0.436 e. The summed E-state index contributed by atoms with van der Waals surface area (Å²) in [5.74, 6) is 0.311. The van der Waals surface area contributed by atoms with Crippen molar-refractivity contribution in [3.8, 4) is 11.5 Å².